The van der Waals surface area contributed by atoms with Crippen LogP contribution in [0.4, 0.5) is 5.82 Å². The number of rotatable bonds is 5. The number of nitrogens with zero attached hydrogens (tertiary/aromatic N) is 1. The van der Waals surface area contributed by atoms with Gasteiger partial charge >= 0.3 is 0 Å². The summed E-state index contributed by atoms with van der Waals surface area (Å²) in [6.07, 6.45) is 1.60. The third-order valence-electron chi connectivity index (χ3n) is 3.35. The lowest BCUT2D eigenvalue weighted by Crippen LogP contribution is -2.14. The summed E-state index contributed by atoms with van der Waals surface area (Å²) in [6, 6.07) is 20.0. The Hall–Kier alpha value is -2.85. The Morgan fingerprint density at radius 3 is 2.50 bits per heavy atom. The van der Waals surface area contributed by atoms with Crippen LogP contribution in [0.5, 0.6) is 5.75 Å². The number of aromatic nitrogens is 1. The van der Waals surface area contributed by atoms with E-state index in [1.807, 2.05) is 30.3 Å². The van der Waals surface area contributed by atoms with Crippen LogP contribution in [0.15, 0.2) is 72.9 Å². The second-order valence-electron chi connectivity index (χ2n) is 5.09. The minimum atomic E-state index is -0.269. The van der Waals surface area contributed by atoms with Gasteiger partial charge < -0.3 is 10.1 Å². The molecule has 0 unspecified atom stereocenters. The summed E-state index contributed by atoms with van der Waals surface area (Å²) < 4.78 is 5.78. The van der Waals surface area contributed by atoms with E-state index in [0.29, 0.717) is 28.8 Å². The van der Waals surface area contributed by atoms with Crippen molar-refractivity contribution in [3.05, 3.63) is 89.1 Å². The van der Waals surface area contributed by atoms with Crippen LogP contribution in [-0.4, -0.2) is 10.9 Å². The van der Waals surface area contributed by atoms with Gasteiger partial charge in [0.05, 0.1) is 0 Å². The van der Waals surface area contributed by atoms with Gasteiger partial charge in [0.1, 0.15) is 6.61 Å². The lowest BCUT2D eigenvalue weighted by atomic mass is 10.2. The van der Waals surface area contributed by atoms with E-state index in [4.69, 9.17) is 16.3 Å². The zero-order valence-corrected chi connectivity index (χ0v) is 13.5. The number of carbonyl (C=O) groups is 1. The zero-order chi connectivity index (χ0) is 16.8. The Balaban J connectivity index is 1.71. The average Bonchev–Trinajstić information content (AvgIpc) is 2.62. The molecule has 3 aromatic rings. The third-order valence-corrected chi connectivity index (χ3v) is 3.60. The quantitative estimate of drug-likeness (QED) is 0.741. The predicted octanol–water partition coefficient (Wildman–Crippen LogP) is 4.57. The Morgan fingerprint density at radius 1 is 1.00 bits per heavy atom. The molecule has 0 radical (unpaired) electrons. The van der Waals surface area contributed by atoms with Gasteiger partial charge in [0.15, 0.2) is 11.6 Å². The normalized spacial score (nSPS) is 10.2. The van der Waals surface area contributed by atoms with E-state index in [0.717, 1.165) is 5.56 Å². The van der Waals surface area contributed by atoms with E-state index in [1.165, 1.54) is 0 Å². The smallest absolute Gasteiger partial charge is 0.256 e. The van der Waals surface area contributed by atoms with Gasteiger partial charge in [-0.25, -0.2) is 4.98 Å². The number of hydrogen-bond acceptors (Lipinski definition) is 3. The van der Waals surface area contributed by atoms with Crippen LogP contribution in [0, 0.1) is 0 Å². The van der Waals surface area contributed by atoms with Gasteiger partial charge in [0.2, 0.25) is 0 Å². The highest BCUT2D eigenvalue weighted by Gasteiger charge is 2.11. The fraction of sp³-hybridized carbons (Fsp3) is 0.0526. The van der Waals surface area contributed by atoms with Crippen molar-refractivity contribution in [1.29, 1.82) is 0 Å². The van der Waals surface area contributed by atoms with E-state index in [-0.39, 0.29) is 5.91 Å². The van der Waals surface area contributed by atoms with Gasteiger partial charge in [-0.05, 0) is 42.0 Å². The molecule has 2 aromatic carbocycles. The molecular weight excluding hydrogens is 324 g/mol. The molecule has 1 amide bonds. The van der Waals surface area contributed by atoms with Crippen molar-refractivity contribution in [3.8, 4) is 5.75 Å². The Morgan fingerprint density at radius 2 is 1.75 bits per heavy atom. The molecule has 0 aliphatic heterocycles. The first-order valence-electron chi connectivity index (χ1n) is 7.41. The minimum absolute atomic E-state index is 0.269. The number of pyridine rings is 1. The molecule has 4 nitrogen and oxygen atoms in total. The Labute approximate surface area is 145 Å². The molecule has 5 heteroatoms. The fourth-order valence-electron chi connectivity index (χ4n) is 2.12. The maximum absolute atomic E-state index is 12.3. The van der Waals surface area contributed by atoms with Gasteiger partial charge in [-0.15, -0.1) is 0 Å². The lowest BCUT2D eigenvalue weighted by Gasteiger charge is -2.11. The van der Waals surface area contributed by atoms with Crippen molar-refractivity contribution >= 4 is 23.3 Å². The summed E-state index contributed by atoms with van der Waals surface area (Å²) in [4.78, 5) is 16.5. The van der Waals surface area contributed by atoms with Gasteiger partial charge in [0, 0.05) is 16.8 Å². The van der Waals surface area contributed by atoms with Crippen molar-refractivity contribution in [2.75, 3.05) is 5.32 Å². The summed E-state index contributed by atoms with van der Waals surface area (Å²) in [7, 11) is 0. The van der Waals surface area contributed by atoms with Crippen LogP contribution in [-0.2, 0) is 6.61 Å². The first-order chi connectivity index (χ1) is 11.7. The van der Waals surface area contributed by atoms with Crippen LogP contribution < -0.4 is 10.1 Å². The topological polar surface area (TPSA) is 51.2 Å². The number of benzene rings is 2. The van der Waals surface area contributed by atoms with E-state index >= 15 is 0 Å². The van der Waals surface area contributed by atoms with E-state index < -0.39 is 0 Å². The van der Waals surface area contributed by atoms with E-state index in [9.17, 15) is 4.79 Å². The molecule has 0 bridgehead atoms. The molecule has 0 fully saturated rings. The maximum Gasteiger partial charge on any atom is 0.256 e. The third kappa shape index (κ3) is 4.12. The molecule has 1 aromatic heterocycles. The van der Waals surface area contributed by atoms with Crippen LogP contribution in [0.1, 0.15) is 15.9 Å². The highest BCUT2D eigenvalue weighted by atomic mass is 35.5. The molecule has 1 N–H and O–H groups in total. The molecule has 0 aliphatic carbocycles. The molecule has 0 saturated carbocycles. The molecule has 0 saturated heterocycles. The molecule has 24 heavy (non-hydrogen) atoms. The van der Waals surface area contributed by atoms with E-state index in [2.05, 4.69) is 10.3 Å². The minimum Gasteiger partial charge on any atom is -0.485 e. The number of hydrogen-bond donors (Lipinski definition) is 1. The van der Waals surface area contributed by atoms with Crippen molar-refractivity contribution in [1.82, 2.24) is 4.98 Å². The van der Waals surface area contributed by atoms with Crippen molar-refractivity contribution < 1.29 is 9.53 Å². The largest absolute Gasteiger partial charge is 0.485 e. The molecule has 120 valence electrons. The summed E-state index contributed by atoms with van der Waals surface area (Å²) in [5, 5.41) is 3.34. The highest BCUT2D eigenvalue weighted by molar-refractivity contribution is 6.30. The number of amides is 1. The Kier molecular flexibility index (Phi) is 5.08. The lowest BCUT2D eigenvalue weighted by molar-refractivity contribution is 0.102. The average molecular weight is 339 g/mol. The van der Waals surface area contributed by atoms with Gasteiger partial charge in [-0.2, -0.15) is 0 Å². The number of halogens is 1. The van der Waals surface area contributed by atoms with E-state index in [1.54, 1.807) is 42.6 Å². The summed E-state index contributed by atoms with van der Waals surface area (Å²) >= 11 is 5.84. The van der Waals surface area contributed by atoms with Crippen molar-refractivity contribution in [2.24, 2.45) is 0 Å². The number of anilines is 1. The standard InChI is InChI=1S/C19H15ClN2O2/c20-16-10-8-15(9-11-16)19(23)22-18-17(7-4-12-21-18)24-13-14-5-2-1-3-6-14/h1-12H,13H2,(H,21,22,23). The van der Waals surface area contributed by atoms with Crippen LogP contribution >= 0.6 is 11.6 Å². The maximum atomic E-state index is 12.3. The fourth-order valence-corrected chi connectivity index (χ4v) is 2.24. The van der Waals surface area contributed by atoms with Crippen LogP contribution in [0.3, 0.4) is 0 Å². The monoisotopic (exact) mass is 338 g/mol. The number of ether oxygens (including phenoxy) is 1. The first-order valence-corrected chi connectivity index (χ1v) is 7.79. The Bertz CT molecular complexity index is 820. The molecule has 1 heterocycles. The zero-order valence-electron chi connectivity index (χ0n) is 12.8. The van der Waals surface area contributed by atoms with Crippen LogP contribution in [0.2, 0.25) is 5.02 Å². The van der Waals surface area contributed by atoms with Crippen molar-refractivity contribution in [3.63, 3.8) is 0 Å². The second-order valence-corrected chi connectivity index (χ2v) is 5.52. The predicted molar refractivity (Wildman–Crippen MR) is 94.4 cm³/mol. The molecule has 0 atom stereocenters. The molecular formula is C19H15ClN2O2. The summed E-state index contributed by atoms with van der Waals surface area (Å²) in [5.41, 5.74) is 1.54. The van der Waals surface area contributed by atoms with Crippen molar-refractivity contribution in [2.45, 2.75) is 6.61 Å². The molecule has 3 rings (SSSR count). The SMILES string of the molecule is O=C(Nc1ncccc1OCc1ccccc1)c1ccc(Cl)cc1. The highest BCUT2D eigenvalue weighted by Crippen LogP contribution is 2.23. The summed E-state index contributed by atoms with van der Waals surface area (Å²) in [6.45, 7) is 0.399. The molecule has 0 spiro atoms. The number of carbonyl (C=O) groups excluding carboxylic acids is 1. The summed E-state index contributed by atoms with van der Waals surface area (Å²) in [5.74, 6) is 0.631. The number of nitrogens with one attached hydrogen (secondary N) is 1. The van der Waals surface area contributed by atoms with Gasteiger partial charge in [0.25, 0.3) is 5.91 Å². The first kappa shape index (κ1) is 16.0. The van der Waals surface area contributed by atoms with Gasteiger partial charge in [-0.3, -0.25) is 4.79 Å². The second kappa shape index (κ2) is 7.62. The van der Waals surface area contributed by atoms with Crippen LogP contribution in [0.25, 0.3) is 0 Å². The van der Waals surface area contributed by atoms with Gasteiger partial charge in [-0.1, -0.05) is 41.9 Å². The molecule has 0 aliphatic rings.